The van der Waals surface area contributed by atoms with Crippen molar-refractivity contribution in [1.29, 1.82) is 0 Å². The molecular weight excluding hydrogens is 988 g/mol. The predicted octanol–water partition coefficient (Wildman–Crippen LogP) is -13.1. The molecule has 5 saturated heterocycles. The summed E-state index contributed by atoms with van der Waals surface area (Å²) in [6.07, 6.45) is -48.7. The fraction of sp³-hybridized carbons (Fsp3) is 0.950. The van der Waals surface area contributed by atoms with Gasteiger partial charge in [-0.1, -0.05) is 0 Å². The summed E-state index contributed by atoms with van der Waals surface area (Å²) in [5.41, 5.74) is 0. The Morgan fingerprint density at radius 3 is 1.60 bits per heavy atom. The van der Waals surface area contributed by atoms with E-state index in [4.69, 9.17) is 47.4 Å². The first-order chi connectivity index (χ1) is 33.9. The lowest BCUT2D eigenvalue weighted by Gasteiger charge is -2.48. The van der Waals surface area contributed by atoms with Gasteiger partial charge in [0.25, 0.3) is 0 Å². The van der Waals surface area contributed by atoms with E-state index >= 15 is 0 Å². The first kappa shape index (κ1) is 60.7. The number of aliphatic hydroxyl groups is 18. The molecule has 2 amide bonds. The second-order valence-electron chi connectivity index (χ2n) is 18.1. The van der Waals surface area contributed by atoms with Gasteiger partial charge in [-0.05, 0) is 6.92 Å². The molecule has 5 fully saturated rings. The Morgan fingerprint density at radius 2 is 1.03 bits per heavy atom. The van der Waals surface area contributed by atoms with Crippen LogP contribution in [-0.2, 0) is 57.0 Å². The van der Waals surface area contributed by atoms with Gasteiger partial charge in [-0.2, -0.15) is 0 Å². The maximum atomic E-state index is 12.0. The third kappa shape index (κ3) is 13.9. The Bertz CT molecular complexity index is 1680. The van der Waals surface area contributed by atoms with Crippen LogP contribution in [0.5, 0.6) is 0 Å². The predicted molar refractivity (Wildman–Crippen MR) is 223 cm³/mol. The summed E-state index contributed by atoms with van der Waals surface area (Å²) in [7, 11) is 0. The number of hydrogen-bond acceptors (Lipinski definition) is 30. The minimum absolute atomic E-state index is 0.694. The normalized spacial score (nSPS) is 44.9. The summed E-state index contributed by atoms with van der Waals surface area (Å²) in [6, 6.07) is -3.10. The van der Waals surface area contributed by atoms with Crippen molar-refractivity contribution < 1.29 is 149 Å². The fourth-order valence-electron chi connectivity index (χ4n) is 8.69. The molecule has 29 unspecified atom stereocenters. The second-order valence-corrected chi connectivity index (χ2v) is 18.1. The Labute approximate surface area is 409 Å². The smallest absolute Gasteiger partial charge is 0.217 e. The van der Waals surface area contributed by atoms with Crippen LogP contribution in [0.25, 0.3) is 0 Å². The molecule has 29 atom stereocenters. The van der Waals surface area contributed by atoms with Crippen LogP contribution in [0, 0.1) is 0 Å². The molecule has 0 spiro atoms. The van der Waals surface area contributed by atoms with Gasteiger partial charge < -0.3 is 150 Å². The van der Waals surface area contributed by atoms with Crippen molar-refractivity contribution >= 4 is 11.8 Å². The van der Waals surface area contributed by atoms with E-state index in [0.29, 0.717) is 0 Å². The molecule has 5 rings (SSSR count). The highest BCUT2D eigenvalue weighted by atomic mass is 16.8. The third-order valence-corrected chi connectivity index (χ3v) is 12.8. The lowest BCUT2D eigenvalue weighted by molar-refractivity contribution is -0.373. The average molecular weight is 1060 g/mol. The van der Waals surface area contributed by atoms with Crippen molar-refractivity contribution in [3.8, 4) is 0 Å². The van der Waals surface area contributed by atoms with Crippen LogP contribution in [0.3, 0.4) is 0 Å². The lowest BCUT2D eigenvalue weighted by Crippen LogP contribution is -2.68. The Balaban J connectivity index is 1.19. The van der Waals surface area contributed by atoms with E-state index < -0.39 is 229 Å². The molecule has 0 aromatic heterocycles. The van der Waals surface area contributed by atoms with Gasteiger partial charge in [-0.15, -0.1) is 0 Å². The maximum absolute atomic E-state index is 12.0. The summed E-state index contributed by atoms with van der Waals surface area (Å²) in [4.78, 5) is 23.9. The maximum Gasteiger partial charge on any atom is 0.217 e. The van der Waals surface area contributed by atoms with E-state index in [1.54, 1.807) is 0 Å². The molecule has 0 aromatic rings. The Kier molecular flexibility index (Phi) is 22.5. The van der Waals surface area contributed by atoms with E-state index in [1.165, 1.54) is 6.92 Å². The molecule has 420 valence electrons. The number of carbonyl (C=O) groups is 2. The average Bonchev–Trinajstić information content (AvgIpc) is 3.63. The summed E-state index contributed by atoms with van der Waals surface area (Å²) < 4.78 is 56.1. The van der Waals surface area contributed by atoms with Gasteiger partial charge in [0.15, 0.2) is 31.5 Å². The molecule has 0 bridgehead atoms. The van der Waals surface area contributed by atoms with Gasteiger partial charge in [0, 0.05) is 13.8 Å². The minimum atomic E-state index is -2.07. The molecule has 5 aliphatic heterocycles. The summed E-state index contributed by atoms with van der Waals surface area (Å²) >= 11 is 0. The van der Waals surface area contributed by atoms with Crippen LogP contribution >= 0.6 is 0 Å². The van der Waals surface area contributed by atoms with E-state index in [-0.39, 0.29) is 0 Å². The summed E-state index contributed by atoms with van der Waals surface area (Å²) in [5, 5.41) is 194. The lowest BCUT2D eigenvalue weighted by atomic mass is 9.95. The van der Waals surface area contributed by atoms with Crippen molar-refractivity contribution in [1.82, 2.24) is 10.6 Å². The second kappa shape index (κ2) is 26.7. The van der Waals surface area contributed by atoms with Gasteiger partial charge >= 0.3 is 0 Å². The number of carbonyl (C=O) groups excluding carboxylic acids is 2. The molecule has 0 radical (unpaired) electrons. The molecule has 0 aliphatic carbocycles. The third-order valence-electron chi connectivity index (χ3n) is 12.8. The van der Waals surface area contributed by atoms with Gasteiger partial charge in [0.2, 0.25) is 11.8 Å². The zero-order chi connectivity index (χ0) is 53.6. The van der Waals surface area contributed by atoms with E-state index in [2.05, 4.69) is 10.6 Å². The zero-order valence-electron chi connectivity index (χ0n) is 38.9. The largest absolute Gasteiger partial charge is 0.394 e. The van der Waals surface area contributed by atoms with Gasteiger partial charge in [0.1, 0.15) is 140 Å². The van der Waals surface area contributed by atoms with Crippen LogP contribution in [0.1, 0.15) is 20.8 Å². The highest BCUT2D eigenvalue weighted by molar-refractivity contribution is 5.73. The Hall–Kier alpha value is -2.18. The van der Waals surface area contributed by atoms with Crippen molar-refractivity contribution in [3.63, 3.8) is 0 Å². The van der Waals surface area contributed by atoms with E-state index in [0.717, 1.165) is 13.8 Å². The summed E-state index contributed by atoms with van der Waals surface area (Å²) in [6.45, 7) is -2.05. The van der Waals surface area contributed by atoms with Crippen LogP contribution in [0.15, 0.2) is 0 Å². The molecule has 32 heteroatoms. The SMILES string of the molecule is CC(=O)NC1C(OC(C(O)CO)C(O)C(O)CO)OC(COC2OC(C(O)COC3OC(CO)C(OC4OC(C)C(O)C(OC5OC(CO)C(O)C(O)C5NC(C)=O)C4O)C(O)C3O)C(O)C2O)C(O)C1O. The van der Waals surface area contributed by atoms with E-state index in [1.807, 2.05) is 0 Å². The van der Waals surface area contributed by atoms with Gasteiger partial charge in [-0.3, -0.25) is 9.59 Å². The number of nitrogens with one attached hydrogen (secondary N) is 2. The topological polar surface area (TPSA) is 515 Å². The number of ether oxygens (including phenoxy) is 10. The minimum Gasteiger partial charge on any atom is -0.394 e. The first-order valence-corrected chi connectivity index (χ1v) is 22.9. The molecule has 5 heterocycles. The number of rotatable bonds is 22. The molecule has 20 N–H and O–H groups in total. The fourth-order valence-corrected chi connectivity index (χ4v) is 8.69. The molecular formula is C40H70N2O30. The first-order valence-electron chi connectivity index (χ1n) is 22.9. The van der Waals surface area contributed by atoms with Gasteiger partial charge in [0.05, 0.1) is 45.7 Å². The van der Waals surface area contributed by atoms with Crippen LogP contribution in [-0.4, -0.2) is 321 Å². The highest BCUT2D eigenvalue weighted by Gasteiger charge is 2.55. The van der Waals surface area contributed by atoms with Crippen molar-refractivity contribution in [2.75, 3.05) is 39.6 Å². The molecule has 72 heavy (non-hydrogen) atoms. The van der Waals surface area contributed by atoms with E-state index in [9.17, 15) is 102 Å². The quantitative estimate of drug-likeness (QED) is 0.0479. The highest BCUT2D eigenvalue weighted by Crippen LogP contribution is 2.34. The Morgan fingerprint density at radius 1 is 0.514 bits per heavy atom. The van der Waals surface area contributed by atoms with Gasteiger partial charge in [-0.25, -0.2) is 0 Å². The van der Waals surface area contributed by atoms with Crippen molar-refractivity contribution in [2.24, 2.45) is 0 Å². The van der Waals surface area contributed by atoms with Crippen molar-refractivity contribution in [2.45, 2.75) is 199 Å². The number of hydrogen-bond donors (Lipinski definition) is 20. The summed E-state index contributed by atoms with van der Waals surface area (Å²) in [5.74, 6) is -1.47. The number of aliphatic hydroxyl groups excluding tert-OH is 18. The molecule has 0 aromatic carbocycles. The van der Waals surface area contributed by atoms with Crippen LogP contribution in [0.2, 0.25) is 0 Å². The molecule has 0 saturated carbocycles. The standard InChI is InChI=1S/C40H70N2O30/c1-10-21(52)35(72-36-19(41-11(2)47)25(56)23(54)16(6-45)66-36)31(62)40(65-10)71-34-17(7-46)67-38(30(61)28(34)59)63-8-15(51)33-27(58)29(60)39(70-33)64-9-18-24(55)26(57)20(42-12(3)48)37(68-18)69-32(14(50)5-44)22(53)13(49)4-43/h10,13-40,43-46,49-62H,4-9H2,1-3H3,(H,41,47)(H,42,48). The van der Waals surface area contributed by atoms with Crippen molar-refractivity contribution in [3.05, 3.63) is 0 Å². The molecule has 5 aliphatic rings. The number of amides is 2. The monoisotopic (exact) mass is 1060 g/mol. The molecule has 32 nitrogen and oxygen atoms in total. The van der Waals surface area contributed by atoms with Crippen LogP contribution < -0.4 is 10.6 Å². The van der Waals surface area contributed by atoms with Crippen LogP contribution in [0.4, 0.5) is 0 Å². The zero-order valence-corrected chi connectivity index (χ0v) is 38.9.